The molecule has 2 rings (SSSR count). The average Bonchev–Trinajstić information content (AvgIpc) is 2.49. The molecule has 3 nitrogen and oxygen atoms in total. The predicted octanol–water partition coefficient (Wildman–Crippen LogP) is 3.37. The van der Waals surface area contributed by atoms with Crippen molar-refractivity contribution in [3.05, 3.63) is 64.9 Å². The third-order valence-electron chi connectivity index (χ3n) is 3.40. The van der Waals surface area contributed by atoms with Gasteiger partial charge in [0.1, 0.15) is 0 Å². The lowest BCUT2D eigenvalue weighted by molar-refractivity contribution is -0.130. The second kappa shape index (κ2) is 7.79. The summed E-state index contributed by atoms with van der Waals surface area (Å²) in [5, 5.41) is 0.667. The molecule has 2 aromatic rings. The van der Waals surface area contributed by atoms with Gasteiger partial charge >= 0.3 is 0 Å². The number of pyridine rings is 1. The minimum Gasteiger partial charge on any atom is -0.342 e. The molecule has 1 aromatic heterocycles. The number of carbonyl (C=O) groups is 1. The molecule has 0 bridgehead atoms. The van der Waals surface area contributed by atoms with Crippen molar-refractivity contribution in [1.29, 1.82) is 0 Å². The van der Waals surface area contributed by atoms with Crippen LogP contribution in [0.25, 0.3) is 0 Å². The number of aromatic nitrogens is 1. The fourth-order valence-electron chi connectivity index (χ4n) is 2.21. The molecule has 0 fully saturated rings. The van der Waals surface area contributed by atoms with E-state index in [0.29, 0.717) is 18.0 Å². The molecule has 1 aromatic carbocycles. The summed E-state index contributed by atoms with van der Waals surface area (Å²) in [4.78, 5) is 18.2. The molecule has 1 heterocycles. The summed E-state index contributed by atoms with van der Waals surface area (Å²) in [6.45, 7) is 3.44. The lowest BCUT2D eigenvalue weighted by Crippen LogP contribution is -2.33. The maximum Gasteiger partial charge on any atom is 0.226 e. The Kier molecular flexibility index (Phi) is 5.76. The van der Waals surface area contributed by atoms with Gasteiger partial charge in [0.05, 0.1) is 6.42 Å². The average molecular weight is 303 g/mol. The Morgan fingerprint density at radius 2 is 1.95 bits per heavy atom. The molecule has 0 radical (unpaired) electrons. The van der Waals surface area contributed by atoms with Gasteiger partial charge in [-0.1, -0.05) is 23.7 Å². The molecule has 0 aliphatic rings. The van der Waals surface area contributed by atoms with Crippen LogP contribution >= 0.6 is 11.6 Å². The van der Waals surface area contributed by atoms with Crippen molar-refractivity contribution in [2.75, 3.05) is 13.1 Å². The molecule has 0 atom stereocenters. The topological polar surface area (TPSA) is 33.2 Å². The monoisotopic (exact) mass is 302 g/mol. The standard InChI is InChI=1S/C17H19ClN2O/c1-2-20(11-8-14-6-9-19-10-7-14)17(21)13-15-4-3-5-16(18)12-15/h3-7,9-10,12H,2,8,11,13H2,1H3. The van der Waals surface area contributed by atoms with Gasteiger partial charge in [0.2, 0.25) is 5.91 Å². The van der Waals surface area contributed by atoms with Crippen molar-refractivity contribution >= 4 is 17.5 Å². The molecule has 0 saturated heterocycles. The number of rotatable bonds is 6. The van der Waals surface area contributed by atoms with E-state index in [1.54, 1.807) is 12.4 Å². The molecule has 4 heteroatoms. The van der Waals surface area contributed by atoms with E-state index >= 15 is 0 Å². The first-order chi connectivity index (χ1) is 10.2. The lowest BCUT2D eigenvalue weighted by atomic mass is 10.1. The van der Waals surface area contributed by atoms with Crippen molar-refractivity contribution in [3.63, 3.8) is 0 Å². The molecular weight excluding hydrogens is 284 g/mol. The highest BCUT2D eigenvalue weighted by atomic mass is 35.5. The molecular formula is C17H19ClN2O. The van der Waals surface area contributed by atoms with Crippen molar-refractivity contribution in [2.24, 2.45) is 0 Å². The van der Waals surface area contributed by atoms with Crippen LogP contribution in [0.4, 0.5) is 0 Å². The van der Waals surface area contributed by atoms with Gasteiger partial charge in [-0.2, -0.15) is 0 Å². The molecule has 21 heavy (non-hydrogen) atoms. The number of likely N-dealkylation sites (N-methyl/N-ethyl adjacent to an activating group) is 1. The fraction of sp³-hybridized carbons (Fsp3) is 0.294. The van der Waals surface area contributed by atoms with E-state index in [0.717, 1.165) is 18.5 Å². The number of hydrogen-bond acceptors (Lipinski definition) is 2. The number of amides is 1. The third-order valence-corrected chi connectivity index (χ3v) is 3.63. The first-order valence-electron chi connectivity index (χ1n) is 7.10. The van der Waals surface area contributed by atoms with Gasteiger partial charge in [-0.05, 0) is 48.7 Å². The van der Waals surface area contributed by atoms with Crippen molar-refractivity contribution in [1.82, 2.24) is 9.88 Å². The smallest absolute Gasteiger partial charge is 0.226 e. The van der Waals surface area contributed by atoms with Crippen LogP contribution in [0.3, 0.4) is 0 Å². The highest BCUT2D eigenvalue weighted by Crippen LogP contribution is 2.12. The Balaban J connectivity index is 1.92. The van der Waals surface area contributed by atoms with Crippen molar-refractivity contribution < 1.29 is 4.79 Å². The quantitative estimate of drug-likeness (QED) is 0.819. The Labute approximate surface area is 130 Å². The summed E-state index contributed by atoms with van der Waals surface area (Å²) in [7, 11) is 0. The summed E-state index contributed by atoms with van der Waals surface area (Å²) in [6, 6.07) is 11.4. The molecule has 0 saturated carbocycles. The summed E-state index contributed by atoms with van der Waals surface area (Å²) >= 11 is 5.95. The molecule has 0 aliphatic heterocycles. The van der Waals surface area contributed by atoms with Crippen molar-refractivity contribution in [3.8, 4) is 0 Å². The van der Waals surface area contributed by atoms with Gasteiger partial charge in [0, 0.05) is 30.5 Å². The Morgan fingerprint density at radius 1 is 1.19 bits per heavy atom. The van der Waals surface area contributed by atoms with E-state index in [9.17, 15) is 4.79 Å². The number of nitrogens with zero attached hydrogens (tertiary/aromatic N) is 2. The minimum absolute atomic E-state index is 0.133. The molecule has 0 spiro atoms. The van der Waals surface area contributed by atoms with Crippen LogP contribution in [0.15, 0.2) is 48.8 Å². The van der Waals surface area contributed by atoms with E-state index in [2.05, 4.69) is 4.98 Å². The van der Waals surface area contributed by atoms with E-state index < -0.39 is 0 Å². The van der Waals surface area contributed by atoms with Gasteiger partial charge in [-0.15, -0.1) is 0 Å². The molecule has 0 N–H and O–H groups in total. The zero-order chi connectivity index (χ0) is 15.1. The highest BCUT2D eigenvalue weighted by Gasteiger charge is 2.12. The maximum atomic E-state index is 12.3. The summed E-state index contributed by atoms with van der Waals surface area (Å²) in [5.41, 5.74) is 2.15. The zero-order valence-corrected chi connectivity index (χ0v) is 12.9. The zero-order valence-electron chi connectivity index (χ0n) is 12.1. The van der Waals surface area contributed by atoms with Gasteiger partial charge < -0.3 is 4.90 Å². The van der Waals surface area contributed by atoms with E-state index in [4.69, 9.17) is 11.6 Å². The van der Waals surface area contributed by atoms with E-state index in [1.807, 2.05) is 48.2 Å². The van der Waals surface area contributed by atoms with Crippen LogP contribution in [0, 0.1) is 0 Å². The first kappa shape index (κ1) is 15.5. The lowest BCUT2D eigenvalue weighted by Gasteiger charge is -2.21. The van der Waals surface area contributed by atoms with Crippen LogP contribution < -0.4 is 0 Å². The molecule has 0 aliphatic carbocycles. The van der Waals surface area contributed by atoms with Crippen LogP contribution in [-0.4, -0.2) is 28.9 Å². The highest BCUT2D eigenvalue weighted by molar-refractivity contribution is 6.30. The maximum absolute atomic E-state index is 12.3. The Morgan fingerprint density at radius 3 is 2.62 bits per heavy atom. The van der Waals surface area contributed by atoms with E-state index in [1.165, 1.54) is 5.56 Å². The molecule has 1 amide bonds. The number of halogens is 1. The first-order valence-corrected chi connectivity index (χ1v) is 7.48. The summed E-state index contributed by atoms with van der Waals surface area (Å²) in [6.07, 6.45) is 4.79. The number of hydrogen-bond donors (Lipinski definition) is 0. The number of benzene rings is 1. The largest absolute Gasteiger partial charge is 0.342 e. The molecule has 110 valence electrons. The van der Waals surface area contributed by atoms with Gasteiger partial charge in [-0.3, -0.25) is 9.78 Å². The Bertz CT molecular complexity index is 586. The second-order valence-corrected chi connectivity index (χ2v) is 5.32. The second-order valence-electron chi connectivity index (χ2n) is 4.89. The fourth-order valence-corrected chi connectivity index (χ4v) is 2.42. The van der Waals surface area contributed by atoms with Gasteiger partial charge in [-0.25, -0.2) is 0 Å². The van der Waals surface area contributed by atoms with Crippen LogP contribution in [-0.2, 0) is 17.6 Å². The summed E-state index contributed by atoms with van der Waals surface area (Å²) in [5.74, 6) is 0.133. The van der Waals surface area contributed by atoms with Gasteiger partial charge in [0.25, 0.3) is 0 Å². The molecule has 0 unspecified atom stereocenters. The van der Waals surface area contributed by atoms with Gasteiger partial charge in [0.15, 0.2) is 0 Å². The van der Waals surface area contributed by atoms with Crippen LogP contribution in [0.2, 0.25) is 5.02 Å². The van der Waals surface area contributed by atoms with Crippen LogP contribution in [0.5, 0.6) is 0 Å². The number of carbonyl (C=O) groups excluding carboxylic acids is 1. The van der Waals surface area contributed by atoms with Crippen LogP contribution in [0.1, 0.15) is 18.1 Å². The van der Waals surface area contributed by atoms with E-state index in [-0.39, 0.29) is 5.91 Å². The summed E-state index contributed by atoms with van der Waals surface area (Å²) < 4.78 is 0. The normalized spacial score (nSPS) is 10.4. The SMILES string of the molecule is CCN(CCc1ccncc1)C(=O)Cc1cccc(Cl)c1. The van der Waals surface area contributed by atoms with Crippen molar-refractivity contribution in [2.45, 2.75) is 19.8 Å². The predicted molar refractivity (Wildman–Crippen MR) is 85.4 cm³/mol. The minimum atomic E-state index is 0.133. The Hall–Kier alpha value is -1.87. The third kappa shape index (κ3) is 4.87.